The molecular weight excluding hydrogens is 249 g/mol. The van der Waals surface area contributed by atoms with Crippen LogP contribution in [0.15, 0.2) is 23.6 Å². The molecule has 0 fully saturated rings. The summed E-state index contributed by atoms with van der Waals surface area (Å²) in [5.74, 6) is 0.565. The fourth-order valence-corrected chi connectivity index (χ4v) is 3.12. The predicted molar refractivity (Wildman–Crippen MR) is 72.8 cm³/mol. The molecular formula is C14H16FNOS. The molecule has 0 saturated heterocycles. The Morgan fingerprint density at radius 3 is 2.44 bits per heavy atom. The van der Waals surface area contributed by atoms with E-state index in [4.69, 9.17) is 10.5 Å². The minimum atomic E-state index is -0.277. The Morgan fingerprint density at radius 1 is 1.28 bits per heavy atom. The van der Waals surface area contributed by atoms with Crippen molar-refractivity contribution in [3.05, 3.63) is 51.0 Å². The summed E-state index contributed by atoms with van der Waals surface area (Å²) in [6.45, 7) is 3.76. The molecule has 2 aromatic rings. The molecule has 0 aliphatic carbocycles. The van der Waals surface area contributed by atoms with Crippen LogP contribution in [0.25, 0.3) is 0 Å². The van der Waals surface area contributed by atoms with Crippen molar-refractivity contribution in [3.8, 4) is 5.75 Å². The molecule has 18 heavy (non-hydrogen) atoms. The summed E-state index contributed by atoms with van der Waals surface area (Å²) in [6, 6.07) is 4.65. The molecule has 0 bridgehead atoms. The third kappa shape index (κ3) is 2.26. The number of methoxy groups -OCH3 is 1. The number of hydrogen-bond donors (Lipinski definition) is 1. The molecule has 0 spiro atoms. The van der Waals surface area contributed by atoms with E-state index in [-0.39, 0.29) is 11.9 Å². The van der Waals surface area contributed by atoms with Crippen molar-refractivity contribution < 1.29 is 9.13 Å². The first kappa shape index (κ1) is 13.1. The van der Waals surface area contributed by atoms with Crippen molar-refractivity contribution >= 4 is 11.3 Å². The van der Waals surface area contributed by atoms with E-state index in [9.17, 15) is 4.39 Å². The summed E-state index contributed by atoms with van der Waals surface area (Å²) in [5.41, 5.74) is 9.01. The van der Waals surface area contributed by atoms with Crippen molar-refractivity contribution in [1.29, 1.82) is 0 Å². The van der Waals surface area contributed by atoms with Crippen LogP contribution in [-0.4, -0.2) is 7.11 Å². The molecule has 0 saturated carbocycles. The third-order valence-corrected chi connectivity index (χ3v) is 4.01. The highest BCUT2D eigenvalue weighted by Crippen LogP contribution is 2.35. The second kappa shape index (κ2) is 5.08. The smallest absolute Gasteiger partial charge is 0.134 e. The molecule has 1 unspecified atom stereocenters. The quantitative estimate of drug-likeness (QED) is 0.921. The van der Waals surface area contributed by atoms with Gasteiger partial charge in [-0.2, -0.15) is 0 Å². The van der Waals surface area contributed by atoms with Crippen LogP contribution < -0.4 is 10.5 Å². The van der Waals surface area contributed by atoms with E-state index < -0.39 is 0 Å². The van der Waals surface area contributed by atoms with Gasteiger partial charge in [0.05, 0.1) is 18.0 Å². The monoisotopic (exact) mass is 265 g/mol. The summed E-state index contributed by atoms with van der Waals surface area (Å²) in [5, 5.41) is 1.95. The Morgan fingerprint density at radius 2 is 1.89 bits per heavy atom. The number of aryl methyl sites for hydroxylation is 2. The number of hydrogen-bond acceptors (Lipinski definition) is 3. The standard InChI is InChI=1S/C14H16FNOS/c1-8-6-10(15)7-9(2)12(8)13(16)14-11(17-3)4-5-18-14/h4-7,13H,16H2,1-3H3. The van der Waals surface area contributed by atoms with Crippen LogP contribution in [0.2, 0.25) is 0 Å². The highest BCUT2D eigenvalue weighted by molar-refractivity contribution is 7.10. The van der Waals surface area contributed by atoms with Gasteiger partial charge in [0.1, 0.15) is 11.6 Å². The van der Waals surface area contributed by atoms with Crippen LogP contribution in [0.4, 0.5) is 4.39 Å². The summed E-state index contributed by atoms with van der Waals surface area (Å²) >= 11 is 1.55. The molecule has 1 atom stereocenters. The van der Waals surface area contributed by atoms with Gasteiger partial charge in [-0.25, -0.2) is 4.39 Å². The first-order valence-electron chi connectivity index (χ1n) is 5.68. The van der Waals surface area contributed by atoms with Gasteiger partial charge in [0.25, 0.3) is 0 Å². The second-order valence-electron chi connectivity index (χ2n) is 4.28. The normalized spacial score (nSPS) is 12.5. The van der Waals surface area contributed by atoms with E-state index in [1.807, 2.05) is 25.3 Å². The fourth-order valence-electron chi connectivity index (χ4n) is 2.25. The van der Waals surface area contributed by atoms with Crippen LogP contribution in [0.3, 0.4) is 0 Å². The predicted octanol–water partition coefficient (Wildman–Crippen LogP) is 3.56. The van der Waals surface area contributed by atoms with Gasteiger partial charge in [-0.15, -0.1) is 11.3 Å². The van der Waals surface area contributed by atoms with Gasteiger partial charge in [0, 0.05) is 0 Å². The van der Waals surface area contributed by atoms with E-state index in [2.05, 4.69) is 0 Å². The van der Waals surface area contributed by atoms with Crippen molar-refractivity contribution in [2.45, 2.75) is 19.9 Å². The number of thiophene rings is 1. The van der Waals surface area contributed by atoms with Crippen LogP contribution >= 0.6 is 11.3 Å². The Labute approximate surface area is 110 Å². The van der Waals surface area contributed by atoms with Gasteiger partial charge in [-0.05, 0) is 54.1 Å². The second-order valence-corrected chi connectivity index (χ2v) is 5.23. The van der Waals surface area contributed by atoms with E-state index in [0.717, 1.165) is 27.3 Å². The van der Waals surface area contributed by atoms with Gasteiger partial charge in [-0.3, -0.25) is 0 Å². The van der Waals surface area contributed by atoms with E-state index in [1.54, 1.807) is 18.4 Å². The summed E-state index contributed by atoms with van der Waals surface area (Å²) in [6.07, 6.45) is 0. The highest BCUT2D eigenvalue weighted by atomic mass is 32.1. The van der Waals surface area contributed by atoms with Crippen LogP contribution in [0.1, 0.15) is 27.6 Å². The molecule has 2 rings (SSSR count). The van der Waals surface area contributed by atoms with E-state index in [1.165, 1.54) is 12.1 Å². The summed E-state index contributed by atoms with van der Waals surface area (Å²) in [4.78, 5) is 0.968. The van der Waals surface area contributed by atoms with Crippen LogP contribution in [-0.2, 0) is 0 Å². The van der Waals surface area contributed by atoms with Crippen molar-refractivity contribution in [1.82, 2.24) is 0 Å². The summed E-state index contributed by atoms with van der Waals surface area (Å²) in [7, 11) is 1.63. The lowest BCUT2D eigenvalue weighted by Crippen LogP contribution is -2.14. The topological polar surface area (TPSA) is 35.2 Å². The molecule has 1 aromatic carbocycles. The molecule has 2 N–H and O–H groups in total. The lowest BCUT2D eigenvalue weighted by molar-refractivity contribution is 0.410. The number of benzene rings is 1. The van der Waals surface area contributed by atoms with Crippen molar-refractivity contribution in [2.24, 2.45) is 5.73 Å². The van der Waals surface area contributed by atoms with E-state index in [0.29, 0.717) is 0 Å². The minimum Gasteiger partial charge on any atom is -0.496 e. The van der Waals surface area contributed by atoms with Gasteiger partial charge in [-0.1, -0.05) is 0 Å². The number of rotatable bonds is 3. The van der Waals surface area contributed by atoms with Gasteiger partial charge >= 0.3 is 0 Å². The van der Waals surface area contributed by atoms with Crippen LogP contribution in [0, 0.1) is 19.7 Å². The maximum Gasteiger partial charge on any atom is 0.134 e. The third-order valence-electron chi connectivity index (χ3n) is 3.03. The molecule has 0 amide bonds. The highest BCUT2D eigenvalue weighted by Gasteiger charge is 2.19. The zero-order valence-electron chi connectivity index (χ0n) is 10.7. The largest absolute Gasteiger partial charge is 0.496 e. The SMILES string of the molecule is COc1ccsc1C(N)c1c(C)cc(F)cc1C. The van der Waals surface area contributed by atoms with Crippen molar-refractivity contribution in [2.75, 3.05) is 7.11 Å². The average Bonchev–Trinajstić information content (AvgIpc) is 2.75. The average molecular weight is 265 g/mol. The number of halogens is 1. The van der Waals surface area contributed by atoms with Gasteiger partial charge in [0.2, 0.25) is 0 Å². The Hall–Kier alpha value is -1.39. The molecule has 2 nitrogen and oxygen atoms in total. The fraction of sp³-hybridized carbons (Fsp3) is 0.286. The molecule has 4 heteroatoms. The number of ether oxygens (including phenoxy) is 1. The van der Waals surface area contributed by atoms with Gasteiger partial charge < -0.3 is 10.5 Å². The number of nitrogens with two attached hydrogens (primary N) is 1. The first-order valence-corrected chi connectivity index (χ1v) is 6.56. The zero-order valence-corrected chi connectivity index (χ0v) is 11.5. The van der Waals surface area contributed by atoms with Crippen LogP contribution in [0.5, 0.6) is 5.75 Å². The molecule has 0 radical (unpaired) electrons. The van der Waals surface area contributed by atoms with E-state index >= 15 is 0 Å². The van der Waals surface area contributed by atoms with Crippen molar-refractivity contribution in [3.63, 3.8) is 0 Å². The Bertz CT molecular complexity index is 542. The molecule has 1 heterocycles. The maximum atomic E-state index is 13.3. The molecule has 0 aliphatic rings. The molecule has 96 valence electrons. The first-order chi connectivity index (χ1) is 8.54. The maximum absolute atomic E-state index is 13.3. The Kier molecular flexibility index (Phi) is 3.68. The summed E-state index contributed by atoms with van der Waals surface area (Å²) < 4.78 is 18.6. The zero-order chi connectivity index (χ0) is 13.3. The lowest BCUT2D eigenvalue weighted by atomic mass is 9.95. The van der Waals surface area contributed by atoms with Gasteiger partial charge in [0.15, 0.2) is 0 Å². The minimum absolute atomic E-state index is 0.223. The molecule has 0 aliphatic heterocycles. The molecule has 1 aromatic heterocycles. The lowest BCUT2D eigenvalue weighted by Gasteiger charge is -2.17. The Balaban J connectivity index is 2.49.